The minimum absolute atomic E-state index is 0.270. The Morgan fingerprint density at radius 1 is 1.03 bits per heavy atom. The van der Waals surface area contributed by atoms with Crippen molar-refractivity contribution in [3.8, 4) is 0 Å². The van der Waals surface area contributed by atoms with Gasteiger partial charge in [0.2, 0.25) is 0 Å². The van der Waals surface area contributed by atoms with Gasteiger partial charge in [0.1, 0.15) is 11.3 Å². The molecule has 0 radical (unpaired) electrons. The smallest absolute Gasteiger partial charge is 0.410 e. The number of amides is 2. The number of hydrogen-bond acceptors (Lipinski definition) is 6. The molecule has 3 aromatic rings. The maximum atomic E-state index is 12.6. The molecule has 1 aliphatic rings. The lowest BCUT2D eigenvalue weighted by atomic mass is 10.2. The van der Waals surface area contributed by atoms with E-state index < -0.39 is 5.60 Å². The molecule has 0 spiro atoms. The first kappa shape index (κ1) is 21.6. The number of piperazine rings is 1. The number of nitrogens with zero attached hydrogens (tertiary/aromatic N) is 5. The van der Waals surface area contributed by atoms with Crippen molar-refractivity contribution in [2.75, 3.05) is 36.4 Å². The Labute approximate surface area is 187 Å². The van der Waals surface area contributed by atoms with Gasteiger partial charge in [0, 0.05) is 49.9 Å². The fraction of sp³-hybridized carbons (Fsp3) is 0.391. The molecule has 1 fully saturated rings. The summed E-state index contributed by atoms with van der Waals surface area (Å²) < 4.78 is 7.24. The number of imidazole rings is 1. The molecule has 0 unspecified atom stereocenters. The molecular formula is C23H28N6O3. The molecule has 9 nitrogen and oxygen atoms in total. The van der Waals surface area contributed by atoms with Crippen LogP contribution in [0.2, 0.25) is 0 Å². The molecule has 0 saturated carbocycles. The van der Waals surface area contributed by atoms with Crippen molar-refractivity contribution in [2.24, 2.45) is 0 Å². The zero-order chi connectivity index (χ0) is 22.9. The summed E-state index contributed by atoms with van der Waals surface area (Å²) in [5.74, 6) is -0.281. The highest BCUT2D eigenvalue weighted by Gasteiger charge is 2.26. The Morgan fingerprint density at radius 2 is 1.72 bits per heavy atom. The molecule has 2 aromatic heterocycles. The number of anilines is 2. The lowest BCUT2D eigenvalue weighted by Gasteiger charge is -2.36. The monoisotopic (exact) mass is 436 g/mol. The Kier molecular flexibility index (Phi) is 5.73. The van der Waals surface area contributed by atoms with Gasteiger partial charge in [-0.1, -0.05) is 0 Å². The standard InChI is InChI=1S/C23H28N6O3/c1-16-14-29-15-19(24-13-20(29)25-16)21(30)26-17-5-7-18(8-6-17)27-9-11-28(12-10-27)22(31)32-23(2,3)4/h5-8,13-15H,9-12H2,1-4H3,(H,26,30). The molecule has 4 rings (SSSR count). The van der Waals surface area contributed by atoms with E-state index in [0.29, 0.717) is 30.1 Å². The van der Waals surface area contributed by atoms with Gasteiger partial charge in [-0.15, -0.1) is 0 Å². The van der Waals surface area contributed by atoms with Gasteiger partial charge in [-0.05, 0) is 52.0 Å². The predicted octanol–water partition coefficient (Wildman–Crippen LogP) is 3.35. The fourth-order valence-electron chi connectivity index (χ4n) is 3.57. The summed E-state index contributed by atoms with van der Waals surface area (Å²) in [6, 6.07) is 7.67. The minimum atomic E-state index is -0.493. The Morgan fingerprint density at radius 3 is 2.38 bits per heavy atom. The van der Waals surface area contributed by atoms with Crippen LogP contribution < -0.4 is 10.2 Å². The van der Waals surface area contributed by atoms with Crippen molar-refractivity contribution in [2.45, 2.75) is 33.3 Å². The number of hydrogen-bond donors (Lipinski definition) is 1. The average Bonchev–Trinajstić information content (AvgIpc) is 3.12. The normalized spacial score (nSPS) is 14.5. The summed E-state index contributed by atoms with van der Waals surface area (Å²) in [6.07, 6.45) is 4.84. The first-order valence-electron chi connectivity index (χ1n) is 10.6. The maximum absolute atomic E-state index is 12.6. The van der Waals surface area contributed by atoms with E-state index in [0.717, 1.165) is 24.5 Å². The molecular weight excluding hydrogens is 408 g/mol. The van der Waals surface area contributed by atoms with Crippen LogP contribution in [0.15, 0.2) is 42.9 Å². The Bertz CT molecular complexity index is 1120. The van der Waals surface area contributed by atoms with Crippen LogP contribution in [0, 0.1) is 6.92 Å². The van der Waals surface area contributed by atoms with Crippen LogP contribution in [-0.2, 0) is 4.74 Å². The van der Waals surface area contributed by atoms with E-state index >= 15 is 0 Å². The molecule has 1 N–H and O–H groups in total. The van der Waals surface area contributed by atoms with Gasteiger partial charge in [0.25, 0.3) is 5.91 Å². The van der Waals surface area contributed by atoms with Gasteiger partial charge in [-0.2, -0.15) is 0 Å². The first-order chi connectivity index (χ1) is 15.2. The molecule has 1 saturated heterocycles. The Hall–Kier alpha value is -3.62. The Balaban J connectivity index is 1.34. The van der Waals surface area contributed by atoms with Crippen molar-refractivity contribution in [1.29, 1.82) is 0 Å². The van der Waals surface area contributed by atoms with Crippen LogP contribution in [0.4, 0.5) is 16.2 Å². The lowest BCUT2D eigenvalue weighted by molar-refractivity contribution is 0.0240. The first-order valence-corrected chi connectivity index (χ1v) is 10.6. The summed E-state index contributed by atoms with van der Waals surface area (Å²) in [5.41, 5.74) is 3.13. The third kappa shape index (κ3) is 4.99. The van der Waals surface area contributed by atoms with Crippen molar-refractivity contribution in [3.63, 3.8) is 0 Å². The highest BCUT2D eigenvalue weighted by Crippen LogP contribution is 2.21. The fourth-order valence-corrected chi connectivity index (χ4v) is 3.57. The second-order valence-electron chi connectivity index (χ2n) is 8.88. The van der Waals surface area contributed by atoms with E-state index in [1.165, 1.54) is 0 Å². The number of ether oxygens (including phenoxy) is 1. The molecule has 0 bridgehead atoms. The third-order valence-corrected chi connectivity index (χ3v) is 5.12. The van der Waals surface area contributed by atoms with Gasteiger partial charge < -0.3 is 24.3 Å². The van der Waals surface area contributed by atoms with Gasteiger partial charge in [-0.3, -0.25) is 4.79 Å². The van der Waals surface area contributed by atoms with Gasteiger partial charge in [-0.25, -0.2) is 14.8 Å². The lowest BCUT2D eigenvalue weighted by Crippen LogP contribution is -2.50. The van der Waals surface area contributed by atoms with E-state index in [4.69, 9.17) is 4.74 Å². The number of benzene rings is 1. The second-order valence-corrected chi connectivity index (χ2v) is 8.88. The minimum Gasteiger partial charge on any atom is -0.444 e. The largest absolute Gasteiger partial charge is 0.444 e. The van der Waals surface area contributed by atoms with E-state index in [9.17, 15) is 9.59 Å². The van der Waals surface area contributed by atoms with Crippen molar-refractivity contribution < 1.29 is 14.3 Å². The van der Waals surface area contributed by atoms with Crippen LogP contribution in [0.5, 0.6) is 0 Å². The molecule has 2 amide bonds. The number of aryl methyl sites for hydroxylation is 1. The molecule has 3 heterocycles. The molecule has 1 aliphatic heterocycles. The summed E-state index contributed by atoms with van der Waals surface area (Å²) in [7, 11) is 0. The molecule has 168 valence electrons. The quantitative estimate of drug-likeness (QED) is 0.677. The number of carbonyl (C=O) groups is 2. The summed E-state index contributed by atoms with van der Waals surface area (Å²) in [4.78, 5) is 37.3. The summed E-state index contributed by atoms with van der Waals surface area (Å²) >= 11 is 0. The van der Waals surface area contributed by atoms with Gasteiger partial charge in [0.15, 0.2) is 5.65 Å². The number of carbonyl (C=O) groups excluding carboxylic acids is 2. The number of nitrogens with one attached hydrogen (secondary N) is 1. The predicted molar refractivity (Wildman–Crippen MR) is 122 cm³/mol. The van der Waals surface area contributed by atoms with Crippen LogP contribution in [-0.4, -0.2) is 63.0 Å². The molecule has 0 atom stereocenters. The summed E-state index contributed by atoms with van der Waals surface area (Å²) in [6.45, 7) is 10.2. The molecule has 0 aliphatic carbocycles. The maximum Gasteiger partial charge on any atom is 0.410 e. The van der Waals surface area contributed by atoms with Crippen LogP contribution in [0.25, 0.3) is 5.65 Å². The van der Waals surface area contributed by atoms with Crippen LogP contribution in [0.3, 0.4) is 0 Å². The SMILES string of the molecule is Cc1cn2cc(C(=O)Nc3ccc(N4CCN(C(=O)OC(C)(C)C)CC4)cc3)ncc2n1. The van der Waals surface area contributed by atoms with Crippen LogP contribution in [0.1, 0.15) is 37.0 Å². The number of aromatic nitrogens is 3. The highest BCUT2D eigenvalue weighted by atomic mass is 16.6. The molecule has 1 aromatic carbocycles. The van der Waals surface area contributed by atoms with E-state index in [-0.39, 0.29) is 12.0 Å². The van der Waals surface area contributed by atoms with Crippen molar-refractivity contribution in [3.05, 3.63) is 54.2 Å². The zero-order valence-electron chi connectivity index (χ0n) is 18.8. The van der Waals surface area contributed by atoms with E-state index in [2.05, 4.69) is 20.2 Å². The van der Waals surface area contributed by atoms with Gasteiger partial charge >= 0.3 is 6.09 Å². The molecule has 9 heteroatoms. The average molecular weight is 437 g/mol. The van der Waals surface area contributed by atoms with Crippen molar-refractivity contribution in [1.82, 2.24) is 19.3 Å². The number of rotatable bonds is 3. The molecule has 32 heavy (non-hydrogen) atoms. The topological polar surface area (TPSA) is 92.1 Å². The van der Waals surface area contributed by atoms with Crippen LogP contribution >= 0.6 is 0 Å². The van der Waals surface area contributed by atoms with Crippen molar-refractivity contribution >= 4 is 29.0 Å². The summed E-state index contributed by atoms with van der Waals surface area (Å²) in [5, 5.41) is 2.88. The van der Waals surface area contributed by atoms with Gasteiger partial charge in [0.05, 0.1) is 11.9 Å². The van der Waals surface area contributed by atoms with E-state index in [1.807, 2.05) is 58.2 Å². The van der Waals surface area contributed by atoms with E-state index in [1.54, 1.807) is 21.7 Å². The second kappa shape index (κ2) is 8.49. The highest BCUT2D eigenvalue weighted by molar-refractivity contribution is 6.02. The zero-order valence-corrected chi connectivity index (χ0v) is 18.8. The number of fused-ring (bicyclic) bond motifs is 1. The third-order valence-electron chi connectivity index (χ3n) is 5.12.